The molecule has 0 fully saturated rings. The van der Waals surface area contributed by atoms with Gasteiger partial charge in [0.25, 0.3) is 12.3 Å². The summed E-state index contributed by atoms with van der Waals surface area (Å²) in [6, 6.07) is 2.81. The number of carbonyl (C=O) groups is 1. The smallest absolute Gasteiger partial charge is 0.269 e. The highest BCUT2D eigenvalue weighted by Gasteiger charge is 2.23. The largest absolute Gasteiger partial charge is 0.397 e. The molecule has 0 saturated heterocycles. The second-order valence-corrected chi connectivity index (χ2v) is 5.95. The summed E-state index contributed by atoms with van der Waals surface area (Å²) in [5.41, 5.74) is 6.12. The number of fused-ring (bicyclic) bond motifs is 1. The van der Waals surface area contributed by atoms with Gasteiger partial charge in [-0.25, -0.2) is 13.8 Å². The van der Waals surface area contributed by atoms with Crippen molar-refractivity contribution in [2.75, 3.05) is 11.1 Å². The van der Waals surface area contributed by atoms with E-state index in [0.717, 1.165) is 11.3 Å². The van der Waals surface area contributed by atoms with Crippen LogP contribution >= 0.6 is 11.3 Å². The number of amides is 1. The summed E-state index contributed by atoms with van der Waals surface area (Å²) in [4.78, 5) is 16.9. The number of pyridine rings is 1. The van der Waals surface area contributed by atoms with Crippen molar-refractivity contribution in [3.05, 3.63) is 34.0 Å². The Labute approximate surface area is 133 Å². The highest BCUT2D eigenvalue weighted by Crippen LogP contribution is 2.39. The van der Waals surface area contributed by atoms with Gasteiger partial charge in [-0.3, -0.25) is 4.79 Å². The molecule has 0 radical (unpaired) electrons. The van der Waals surface area contributed by atoms with Crippen LogP contribution in [-0.2, 0) is 0 Å². The standard InChI is InChI=1S/C14H12F2N4O2S/c1-5-3-7(12(15)16)9-10(17)11(23-14(9)18-5)13(21)19-8-4-6(2)22-20-8/h3-4,12H,17H2,1-2H3,(H,19,20,21). The number of rotatable bonds is 3. The maximum Gasteiger partial charge on any atom is 0.269 e. The number of carbonyl (C=O) groups excluding carboxylic acids is 1. The molecule has 1 amide bonds. The molecule has 3 heterocycles. The van der Waals surface area contributed by atoms with E-state index in [-0.39, 0.29) is 27.3 Å². The van der Waals surface area contributed by atoms with Gasteiger partial charge in [-0.2, -0.15) is 0 Å². The van der Waals surface area contributed by atoms with Gasteiger partial charge in [-0.1, -0.05) is 5.16 Å². The lowest BCUT2D eigenvalue weighted by Gasteiger charge is -2.04. The minimum absolute atomic E-state index is 0.00878. The quantitative estimate of drug-likeness (QED) is 0.760. The molecule has 0 aliphatic heterocycles. The molecular weight excluding hydrogens is 326 g/mol. The monoisotopic (exact) mass is 338 g/mol. The van der Waals surface area contributed by atoms with Crippen molar-refractivity contribution in [3.63, 3.8) is 0 Å². The fourth-order valence-electron chi connectivity index (χ4n) is 2.22. The number of nitrogens with one attached hydrogen (secondary N) is 1. The molecule has 0 unspecified atom stereocenters. The summed E-state index contributed by atoms with van der Waals surface area (Å²) in [5.74, 6) is 0.209. The van der Waals surface area contributed by atoms with Crippen LogP contribution in [0.4, 0.5) is 20.3 Å². The minimum atomic E-state index is -2.70. The lowest BCUT2D eigenvalue weighted by molar-refractivity contribution is 0.103. The van der Waals surface area contributed by atoms with Crippen molar-refractivity contribution in [3.8, 4) is 0 Å². The third-order valence-corrected chi connectivity index (χ3v) is 4.27. The number of halogens is 2. The summed E-state index contributed by atoms with van der Waals surface area (Å²) < 4.78 is 31.3. The molecule has 0 bridgehead atoms. The second-order valence-electron chi connectivity index (χ2n) is 4.96. The van der Waals surface area contributed by atoms with Crippen LogP contribution in [0, 0.1) is 13.8 Å². The highest BCUT2D eigenvalue weighted by atomic mass is 32.1. The lowest BCUT2D eigenvalue weighted by Crippen LogP contribution is -2.12. The van der Waals surface area contributed by atoms with E-state index >= 15 is 0 Å². The molecule has 3 aromatic rings. The number of aromatic nitrogens is 2. The van der Waals surface area contributed by atoms with Crippen LogP contribution in [0.2, 0.25) is 0 Å². The van der Waals surface area contributed by atoms with Crippen LogP contribution in [0.15, 0.2) is 16.7 Å². The van der Waals surface area contributed by atoms with Gasteiger partial charge in [0.15, 0.2) is 5.82 Å². The Kier molecular flexibility index (Phi) is 3.72. The zero-order valence-corrected chi connectivity index (χ0v) is 13.0. The zero-order valence-electron chi connectivity index (χ0n) is 12.2. The van der Waals surface area contributed by atoms with Crippen LogP contribution in [-0.4, -0.2) is 16.0 Å². The molecule has 23 heavy (non-hydrogen) atoms. The van der Waals surface area contributed by atoms with Crippen LogP contribution in [0.1, 0.15) is 33.1 Å². The molecule has 120 valence electrons. The molecule has 0 atom stereocenters. The van der Waals surface area contributed by atoms with Crippen LogP contribution < -0.4 is 11.1 Å². The normalized spacial score (nSPS) is 11.3. The molecule has 0 spiro atoms. The summed E-state index contributed by atoms with van der Waals surface area (Å²) >= 11 is 0.964. The average Bonchev–Trinajstić information content (AvgIpc) is 3.02. The molecule has 3 rings (SSSR count). The van der Waals surface area contributed by atoms with E-state index in [9.17, 15) is 13.6 Å². The molecule has 6 nitrogen and oxygen atoms in total. The number of nitrogens with zero attached hydrogens (tertiary/aromatic N) is 2. The van der Waals surface area contributed by atoms with Gasteiger partial charge in [0.1, 0.15) is 15.5 Å². The Morgan fingerprint density at radius 3 is 2.74 bits per heavy atom. The van der Waals surface area contributed by atoms with E-state index < -0.39 is 12.3 Å². The zero-order chi connectivity index (χ0) is 16.7. The first-order valence-corrected chi connectivity index (χ1v) is 7.40. The average molecular weight is 338 g/mol. The van der Waals surface area contributed by atoms with E-state index in [0.29, 0.717) is 16.3 Å². The lowest BCUT2D eigenvalue weighted by atomic mass is 10.1. The Hall–Kier alpha value is -2.55. The Morgan fingerprint density at radius 1 is 1.39 bits per heavy atom. The molecule has 9 heteroatoms. The van der Waals surface area contributed by atoms with Gasteiger partial charge in [-0.05, 0) is 19.9 Å². The van der Waals surface area contributed by atoms with Gasteiger partial charge >= 0.3 is 0 Å². The summed E-state index contributed by atoms with van der Waals surface area (Å²) in [5, 5.41) is 6.28. The molecule has 0 saturated carbocycles. The number of hydrogen-bond acceptors (Lipinski definition) is 6. The number of aryl methyl sites for hydroxylation is 2. The van der Waals surface area contributed by atoms with E-state index in [1.54, 1.807) is 13.8 Å². The number of nitrogens with two attached hydrogens (primary N) is 1. The molecule has 3 aromatic heterocycles. The van der Waals surface area contributed by atoms with Crippen molar-refractivity contribution in [1.82, 2.24) is 10.1 Å². The Bertz CT molecular complexity index is 904. The van der Waals surface area contributed by atoms with E-state index in [2.05, 4.69) is 15.5 Å². The second kappa shape index (κ2) is 5.58. The summed E-state index contributed by atoms with van der Waals surface area (Å²) in [7, 11) is 0. The Balaban J connectivity index is 2.06. The number of alkyl halides is 2. The van der Waals surface area contributed by atoms with E-state index in [4.69, 9.17) is 10.3 Å². The first-order valence-electron chi connectivity index (χ1n) is 6.59. The van der Waals surface area contributed by atoms with Gasteiger partial charge in [0, 0.05) is 22.7 Å². The van der Waals surface area contributed by atoms with Crippen molar-refractivity contribution < 1.29 is 18.1 Å². The van der Waals surface area contributed by atoms with Crippen molar-refractivity contribution in [2.45, 2.75) is 20.3 Å². The van der Waals surface area contributed by atoms with Gasteiger partial charge in [0.2, 0.25) is 0 Å². The maximum absolute atomic E-state index is 13.2. The fraction of sp³-hybridized carbons (Fsp3) is 0.214. The van der Waals surface area contributed by atoms with Crippen LogP contribution in [0.5, 0.6) is 0 Å². The van der Waals surface area contributed by atoms with Crippen LogP contribution in [0.3, 0.4) is 0 Å². The minimum Gasteiger partial charge on any atom is -0.397 e. The van der Waals surface area contributed by atoms with Crippen molar-refractivity contribution in [1.29, 1.82) is 0 Å². The number of nitrogen functional groups attached to an aromatic ring is 1. The summed E-state index contributed by atoms with van der Waals surface area (Å²) in [6.07, 6.45) is -2.70. The summed E-state index contributed by atoms with van der Waals surface area (Å²) in [6.45, 7) is 3.29. The SMILES string of the molecule is Cc1cc(C(F)F)c2c(N)c(C(=O)Nc3cc(C)on3)sc2n1. The first kappa shape index (κ1) is 15.3. The maximum atomic E-state index is 13.2. The van der Waals surface area contributed by atoms with Crippen molar-refractivity contribution in [2.24, 2.45) is 0 Å². The van der Waals surface area contributed by atoms with E-state index in [1.165, 1.54) is 12.1 Å². The van der Waals surface area contributed by atoms with Crippen molar-refractivity contribution >= 4 is 39.0 Å². The molecule has 0 aliphatic rings. The third-order valence-electron chi connectivity index (χ3n) is 3.17. The third kappa shape index (κ3) is 2.74. The van der Waals surface area contributed by atoms with Crippen LogP contribution in [0.25, 0.3) is 10.2 Å². The highest BCUT2D eigenvalue weighted by molar-refractivity contribution is 7.21. The van der Waals surface area contributed by atoms with Gasteiger partial charge in [-0.15, -0.1) is 11.3 Å². The number of anilines is 2. The fourth-order valence-corrected chi connectivity index (χ4v) is 3.29. The van der Waals surface area contributed by atoms with Gasteiger partial charge < -0.3 is 15.6 Å². The van der Waals surface area contributed by atoms with Gasteiger partial charge in [0.05, 0.1) is 5.69 Å². The molecule has 0 aliphatic carbocycles. The molecule has 0 aromatic carbocycles. The predicted molar refractivity (Wildman–Crippen MR) is 82.9 cm³/mol. The Morgan fingerprint density at radius 2 is 2.13 bits per heavy atom. The first-order chi connectivity index (χ1) is 10.9. The molecular formula is C14H12F2N4O2S. The predicted octanol–water partition coefficient (Wildman–Crippen LogP) is 3.67. The van der Waals surface area contributed by atoms with E-state index in [1.807, 2.05) is 0 Å². The number of thiophene rings is 1. The topological polar surface area (TPSA) is 94.0 Å². The molecule has 3 N–H and O–H groups in total. The number of hydrogen-bond donors (Lipinski definition) is 2.